The van der Waals surface area contributed by atoms with Crippen molar-refractivity contribution < 1.29 is 9.53 Å². The van der Waals surface area contributed by atoms with Crippen LogP contribution in [0.1, 0.15) is 28.8 Å². The van der Waals surface area contributed by atoms with E-state index in [1.54, 1.807) is 12.3 Å². The largest absolute Gasteiger partial charge is 0.474 e. The number of carbonyl (C=O) groups excluding carboxylic acids is 1. The smallest absolute Gasteiger partial charge is 0.263 e. The lowest BCUT2D eigenvalue weighted by molar-refractivity contribution is 0.102. The molecule has 37 heavy (non-hydrogen) atoms. The number of pyridine rings is 2. The number of H-pyrrole nitrogens is 1. The second kappa shape index (κ2) is 9.78. The molecule has 192 valence electrons. The molecule has 4 N–H and O–H groups in total. The van der Waals surface area contributed by atoms with Crippen LogP contribution in [0.5, 0.6) is 5.88 Å². The van der Waals surface area contributed by atoms with Crippen LogP contribution < -0.4 is 31.1 Å². The van der Waals surface area contributed by atoms with Crippen molar-refractivity contribution in [2.75, 3.05) is 60.2 Å². The zero-order valence-corrected chi connectivity index (χ0v) is 20.8. The quantitative estimate of drug-likeness (QED) is 0.422. The molecule has 2 fully saturated rings. The number of hydrogen-bond donors (Lipinski definition) is 4. The highest BCUT2D eigenvalue weighted by atomic mass is 16.5. The third-order valence-electron chi connectivity index (χ3n) is 7.48. The topological polar surface area (TPSA) is 115 Å². The van der Waals surface area contributed by atoms with Crippen molar-refractivity contribution in [1.82, 2.24) is 14.9 Å². The average molecular weight is 502 g/mol. The van der Waals surface area contributed by atoms with E-state index in [1.807, 2.05) is 31.2 Å². The van der Waals surface area contributed by atoms with Crippen LogP contribution in [0.15, 0.2) is 47.5 Å². The SMILES string of the molecule is Cc1c(Nc2cc[nH]c(=O)c2C(=O)Nc2ccc(N3CCN4CCC[C@H]4C3)cc2)cnc2c1NCCO2. The molecule has 1 aromatic carbocycles. The minimum absolute atomic E-state index is 0.00487. The molecule has 0 spiro atoms. The lowest BCUT2D eigenvalue weighted by atomic mass is 10.1. The Morgan fingerprint density at radius 2 is 2.00 bits per heavy atom. The number of hydrogen-bond acceptors (Lipinski definition) is 8. The molecule has 3 aliphatic heterocycles. The fourth-order valence-corrected chi connectivity index (χ4v) is 5.48. The van der Waals surface area contributed by atoms with E-state index in [9.17, 15) is 9.59 Å². The van der Waals surface area contributed by atoms with Gasteiger partial charge in [0.25, 0.3) is 11.5 Å². The van der Waals surface area contributed by atoms with Gasteiger partial charge in [0.1, 0.15) is 17.9 Å². The molecule has 1 atom stereocenters. The highest BCUT2D eigenvalue weighted by Gasteiger charge is 2.30. The van der Waals surface area contributed by atoms with Crippen LogP contribution in [0.2, 0.25) is 0 Å². The molecule has 2 aromatic heterocycles. The van der Waals surface area contributed by atoms with Gasteiger partial charge in [-0.15, -0.1) is 0 Å². The maximum atomic E-state index is 13.2. The van der Waals surface area contributed by atoms with Gasteiger partial charge >= 0.3 is 0 Å². The fourth-order valence-electron chi connectivity index (χ4n) is 5.48. The average Bonchev–Trinajstić information content (AvgIpc) is 3.39. The van der Waals surface area contributed by atoms with Gasteiger partial charge in [0.15, 0.2) is 0 Å². The summed E-state index contributed by atoms with van der Waals surface area (Å²) < 4.78 is 5.60. The summed E-state index contributed by atoms with van der Waals surface area (Å²) >= 11 is 0. The Morgan fingerprint density at radius 1 is 1.14 bits per heavy atom. The Morgan fingerprint density at radius 3 is 2.86 bits per heavy atom. The molecule has 1 amide bonds. The lowest BCUT2D eigenvalue weighted by Crippen LogP contribution is -2.50. The Labute approximate surface area is 215 Å². The normalized spacial score (nSPS) is 18.8. The molecule has 0 unspecified atom stereocenters. The third kappa shape index (κ3) is 4.60. The summed E-state index contributed by atoms with van der Waals surface area (Å²) in [5, 5.41) is 9.40. The molecule has 10 nitrogen and oxygen atoms in total. The Balaban J connectivity index is 1.19. The van der Waals surface area contributed by atoms with Crippen molar-refractivity contribution in [2.45, 2.75) is 25.8 Å². The number of carbonyl (C=O) groups is 1. The number of rotatable bonds is 5. The minimum atomic E-state index is -0.485. The molecule has 6 rings (SSSR count). The van der Waals surface area contributed by atoms with Crippen molar-refractivity contribution >= 4 is 34.3 Å². The zero-order chi connectivity index (χ0) is 25.4. The number of ether oxygens (including phenoxy) is 1. The standard InChI is InChI=1S/C27H31N7O3/c1-17-22(15-30-27-24(17)28-10-14-37-27)32-21-8-9-29-25(35)23(21)26(36)31-18-4-6-19(7-5-18)34-13-12-33-11-2-3-20(33)16-34/h4-9,15,20,28H,2-3,10-14,16H2,1H3,(H,31,36)(H2,29,32,35)/t20-/m0/s1. The van der Waals surface area contributed by atoms with Crippen molar-refractivity contribution in [3.63, 3.8) is 0 Å². The number of piperazine rings is 1. The van der Waals surface area contributed by atoms with Crippen LogP contribution in [0.4, 0.5) is 28.4 Å². The number of nitrogens with zero attached hydrogens (tertiary/aromatic N) is 3. The maximum absolute atomic E-state index is 13.2. The molecule has 10 heteroatoms. The Kier molecular flexibility index (Phi) is 6.17. The molecule has 0 saturated carbocycles. The van der Waals surface area contributed by atoms with Gasteiger partial charge in [-0.3, -0.25) is 14.5 Å². The summed E-state index contributed by atoms with van der Waals surface area (Å²) in [5.74, 6) is 0.0634. The van der Waals surface area contributed by atoms with E-state index in [-0.39, 0.29) is 5.56 Å². The molecule has 0 bridgehead atoms. The summed E-state index contributed by atoms with van der Waals surface area (Å²) in [6.07, 6.45) is 5.71. The van der Waals surface area contributed by atoms with E-state index in [1.165, 1.54) is 25.6 Å². The third-order valence-corrected chi connectivity index (χ3v) is 7.48. The summed E-state index contributed by atoms with van der Waals surface area (Å²) in [5.41, 5.74) is 4.10. The first-order valence-electron chi connectivity index (χ1n) is 12.8. The number of fused-ring (bicyclic) bond motifs is 2. The van der Waals surface area contributed by atoms with Crippen LogP contribution >= 0.6 is 0 Å². The molecule has 2 saturated heterocycles. The summed E-state index contributed by atoms with van der Waals surface area (Å²) in [4.78, 5) is 37.9. The van der Waals surface area contributed by atoms with E-state index in [0.29, 0.717) is 42.1 Å². The number of aromatic nitrogens is 2. The van der Waals surface area contributed by atoms with Gasteiger partial charge in [0.2, 0.25) is 5.88 Å². The minimum Gasteiger partial charge on any atom is -0.474 e. The molecule has 0 aliphatic carbocycles. The van der Waals surface area contributed by atoms with Crippen LogP contribution in [-0.2, 0) is 0 Å². The van der Waals surface area contributed by atoms with Crippen LogP contribution in [0.3, 0.4) is 0 Å². The summed E-state index contributed by atoms with van der Waals surface area (Å²) in [6.45, 7) is 7.54. The zero-order valence-electron chi connectivity index (χ0n) is 20.8. The first kappa shape index (κ1) is 23.4. The number of aromatic amines is 1. The predicted octanol–water partition coefficient (Wildman–Crippen LogP) is 3.16. The highest BCUT2D eigenvalue weighted by Crippen LogP contribution is 2.34. The van der Waals surface area contributed by atoms with Gasteiger partial charge in [-0.2, -0.15) is 0 Å². The first-order valence-corrected chi connectivity index (χ1v) is 12.8. The number of benzene rings is 1. The summed E-state index contributed by atoms with van der Waals surface area (Å²) in [6, 6.07) is 10.2. The molecule has 3 aromatic rings. The fraction of sp³-hybridized carbons (Fsp3) is 0.370. The molecular weight excluding hydrogens is 470 g/mol. The van der Waals surface area contributed by atoms with Gasteiger partial charge in [-0.25, -0.2) is 4.98 Å². The van der Waals surface area contributed by atoms with E-state index in [4.69, 9.17) is 4.74 Å². The number of nitrogens with one attached hydrogen (secondary N) is 4. The molecule has 5 heterocycles. The van der Waals surface area contributed by atoms with Gasteiger partial charge < -0.3 is 30.6 Å². The van der Waals surface area contributed by atoms with E-state index >= 15 is 0 Å². The van der Waals surface area contributed by atoms with Gasteiger partial charge in [-0.05, 0) is 56.6 Å². The monoisotopic (exact) mass is 501 g/mol. The van der Waals surface area contributed by atoms with Crippen LogP contribution in [0.25, 0.3) is 0 Å². The number of anilines is 5. The first-order chi connectivity index (χ1) is 18.1. The molecular formula is C27H31N7O3. The van der Waals surface area contributed by atoms with Crippen LogP contribution in [-0.4, -0.2) is 66.1 Å². The predicted molar refractivity (Wildman–Crippen MR) is 145 cm³/mol. The molecule has 0 radical (unpaired) electrons. The van der Waals surface area contributed by atoms with Gasteiger partial charge in [-0.1, -0.05) is 0 Å². The van der Waals surface area contributed by atoms with Gasteiger partial charge in [0, 0.05) is 55.4 Å². The van der Waals surface area contributed by atoms with E-state index in [0.717, 1.165) is 36.6 Å². The maximum Gasteiger partial charge on any atom is 0.263 e. The summed E-state index contributed by atoms with van der Waals surface area (Å²) in [7, 11) is 0. The number of amides is 1. The second-order valence-corrected chi connectivity index (χ2v) is 9.75. The van der Waals surface area contributed by atoms with E-state index in [2.05, 4.69) is 35.7 Å². The molecule has 3 aliphatic rings. The Bertz CT molecular complexity index is 1370. The second-order valence-electron chi connectivity index (χ2n) is 9.75. The van der Waals surface area contributed by atoms with Crippen LogP contribution in [0, 0.1) is 6.92 Å². The van der Waals surface area contributed by atoms with Crippen molar-refractivity contribution in [2.24, 2.45) is 0 Å². The van der Waals surface area contributed by atoms with Crippen molar-refractivity contribution in [1.29, 1.82) is 0 Å². The lowest BCUT2D eigenvalue weighted by Gasteiger charge is -2.38. The highest BCUT2D eigenvalue weighted by molar-refractivity contribution is 6.08. The van der Waals surface area contributed by atoms with Gasteiger partial charge in [0.05, 0.1) is 17.6 Å². The van der Waals surface area contributed by atoms with Crippen molar-refractivity contribution in [3.8, 4) is 5.88 Å². The van der Waals surface area contributed by atoms with E-state index < -0.39 is 11.5 Å². The Hall–Kier alpha value is -4.05. The van der Waals surface area contributed by atoms with Crippen molar-refractivity contribution in [3.05, 3.63) is 64.2 Å².